The Morgan fingerprint density at radius 2 is 2.20 bits per heavy atom. The van der Waals surface area contributed by atoms with Crippen LogP contribution in [0.15, 0.2) is 0 Å². The summed E-state index contributed by atoms with van der Waals surface area (Å²) in [6.45, 7) is 1.01. The van der Waals surface area contributed by atoms with Gasteiger partial charge in [-0.05, 0) is 19.4 Å². The van der Waals surface area contributed by atoms with Gasteiger partial charge in [0.2, 0.25) is 0 Å². The van der Waals surface area contributed by atoms with Crippen LogP contribution in [0.25, 0.3) is 0 Å². The molecule has 2 unspecified atom stereocenters. The molecule has 10 heavy (non-hydrogen) atoms. The van der Waals surface area contributed by atoms with Crippen molar-refractivity contribution in [1.82, 2.24) is 5.32 Å². The van der Waals surface area contributed by atoms with Crippen LogP contribution in [0, 0.1) is 0 Å². The largest absolute Gasteiger partial charge is 0.389 e. The van der Waals surface area contributed by atoms with E-state index in [1.165, 1.54) is 0 Å². The monoisotopic (exact) mass is 179 g/mol. The highest BCUT2D eigenvalue weighted by Gasteiger charge is 2.25. The number of hydrogen-bond donors (Lipinski definition) is 4. The van der Waals surface area contributed by atoms with Gasteiger partial charge in [-0.1, -0.05) is 0 Å². The van der Waals surface area contributed by atoms with E-state index in [9.17, 15) is 5.11 Å². The van der Waals surface area contributed by atoms with Crippen molar-refractivity contribution in [3.8, 4) is 0 Å². The molecular weight excluding hydrogens is 166 g/mol. The molecule has 0 aliphatic carbocycles. The third kappa shape index (κ3) is 2.05. The minimum atomic E-state index is -0.422. The molecular formula is C6H13NOS2. The quantitative estimate of drug-likeness (QED) is 0.363. The summed E-state index contributed by atoms with van der Waals surface area (Å²) in [5, 5.41) is 12.6. The summed E-state index contributed by atoms with van der Waals surface area (Å²) in [7, 11) is 0. The summed E-state index contributed by atoms with van der Waals surface area (Å²) >= 11 is 8.08. The van der Waals surface area contributed by atoms with Crippen LogP contribution in [-0.2, 0) is 0 Å². The number of aliphatic hydroxyl groups is 1. The van der Waals surface area contributed by atoms with Gasteiger partial charge in [-0.2, -0.15) is 25.3 Å². The van der Waals surface area contributed by atoms with Crippen molar-refractivity contribution >= 4 is 25.3 Å². The normalized spacial score (nSPS) is 29.4. The lowest BCUT2D eigenvalue weighted by Crippen LogP contribution is -2.38. The lowest BCUT2D eigenvalue weighted by Gasteiger charge is -2.19. The number of thiol groups is 2. The van der Waals surface area contributed by atoms with Gasteiger partial charge in [-0.15, -0.1) is 0 Å². The van der Waals surface area contributed by atoms with E-state index in [1.54, 1.807) is 0 Å². The van der Waals surface area contributed by atoms with E-state index in [0.29, 0.717) is 0 Å². The van der Waals surface area contributed by atoms with E-state index in [1.807, 2.05) is 0 Å². The van der Waals surface area contributed by atoms with Crippen molar-refractivity contribution in [3.63, 3.8) is 0 Å². The first kappa shape index (κ1) is 8.71. The zero-order valence-corrected chi connectivity index (χ0v) is 7.48. The average molecular weight is 179 g/mol. The Morgan fingerprint density at radius 1 is 1.50 bits per heavy atom. The number of rotatable bonds is 2. The summed E-state index contributed by atoms with van der Waals surface area (Å²) in [6.07, 6.45) is 1.77. The van der Waals surface area contributed by atoms with Gasteiger partial charge in [-0.25, -0.2) is 0 Å². The minimum absolute atomic E-state index is 0.208. The molecule has 0 bridgehead atoms. The van der Waals surface area contributed by atoms with Crippen molar-refractivity contribution in [2.45, 2.75) is 29.6 Å². The Labute approximate surface area is 72.2 Å². The fourth-order valence-corrected chi connectivity index (χ4v) is 1.63. The van der Waals surface area contributed by atoms with Crippen molar-refractivity contribution in [2.75, 3.05) is 6.54 Å². The van der Waals surface area contributed by atoms with E-state index < -0.39 is 6.10 Å². The molecule has 1 saturated heterocycles. The molecule has 0 spiro atoms. The van der Waals surface area contributed by atoms with Gasteiger partial charge in [0.25, 0.3) is 0 Å². The smallest absolute Gasteiger partial charge is 0.0897 e. The molecule has 1 fully saturated rings. The van der Waals surface area contributed by atoms with E-state index >= 15 is 0 Å². The SMILES string of the molecule is OC(C(S)S)C1CCCN1. The van der Waals surface area contributed by atoms with Gasteiger partial charge >= 0.3 is 0 Å². The van der Waals surface area contributed by atoms with Crippen molar-refractivity contribution < 1.29 is 5.11 Å². The van der Waals surface area contributed by atoms with Crippen LogP contribution in [0.2, 0.25) is 0 Å². The van der Waals surface area contributed by atoms with Crippen molar-refractivity contribution in [3.05, 3.63) is 0 Å². The van der Waals surface area contributed by atoms with Crippen molar-refractivity contribution in [2.24, 2.45) is 0 Å². The lowest BCUT2D eigenvalue weighted by molar-refractivity contribution is 0.152. The first-order valence-corrected chi connectivity index (χ1v) is 4.52. The van der Waals surface area contributed by atoms with Gasteiger partial charge < -0.3 is 10.4 Å². The van der Waals surface area contributed by atoms with Gasteiger partial charge in [0.15, 0.2) is 0 Å². The van der Waals surface area contributed by atoms with Crippen LogP contribution in [0.3, 0.4) is 0 Å². The standard InChI is InChI=1S/C6H13NOS2/c8-5(6(9)10)4-2-1-3-7-4/h4-10H,1-3H2. The molecule has 0 aromatic rings. The van der Waals surface area contributed by atoms with Crippen LogP contribution < -0.4 is 5.32 Å². The van der Waals surface area contributed by atoms with Crippen LogP contribution in [-0.4, -0.2) is 28.4 Å². The van der Waals surface area contributed by atoms with E-state index in [0.717, 1.165) is 19.4 Å². The van der Waals surface area contributed by atoms with Crippen LogP contribution in [0.4, 0.5) is 0 Å². The highest BCUT2D eigenvalue weighted by Crippen LogP contribution is 2.16. The molecule has 0 radical (unpaired) electrons. The predicted octanol–water partition coefficient (Wildman–Crippen LogP) is 0.285. The average Bonchev–Trinajstić information content (AvgIpc) is 2.36. The zero-order chi connectivity index (χ0) is 7.56. The summed E-state index contributed by atoms with van der Waals surface area (Å²) in [5.74, 6) is 0. The molecule has 1 aliphatic heterocycles. The summed E-state index contributed by atoms with van der Waals surface area (Å²) in [4.78, 5) is 0. The number of aliphatic hydroxyl groups excluding tert-OH is 1. The maximum absolute atomic E-state index is 9.41. The molecule has 2 N–H and O–H groups in total. The second kappa shape index (κ2) is 3.85. The van der Waals surface area contributed by atoms with E-state index in [2.05, 4.69) is 30.6 Å². The van der Waals surface area contributed by atoms with Gasteiger partial charge in [-0.3, -0.25) is 0 Å². The molecule has 1 rings (SSSR count). The first-order valence-electron chi connectivity index (χ1n) is 3.49. The van der Waals surface area contributed by atoms with Crippen LogP contribution >= 0.6 is 25.3 Å². The number of hydrogen-bond acceptors (Lipinski definition) is 4. The van der Waals surface area contributed by atoms with Crippen LogP contribution in [0.1, 0.15) is 12.8 Å². The highest BCUT2D eigenvalue weighted by molar-refractivity contribution is 7.99. The number of nitrogens with one attached hydrogen (secondary N) is 1. The van der Waals surface area contributed by atoms with E-state index in [4.69, 9.17) is 0 Å². The molecule has 1 heterocycles. The second-order valence-corrected chi connectivity index (χ2v) is 4.13. The van der Waals surface area contributed by atoms with Crippen molar-refractivity contribution in [1.29, 1.82) is 0 Å². The summed E-state index contributed by atoms with van der Waals surface area (Å²) in [6, 6.07) is 0.208. The molecule has 0 saturated carbocycles. The zero-order valence-electron chi connectivity index (χ0n) is 5.70. The predicted molar refractivity (Wildman–Crippen MR) is 48.8 cm³/mol. The summed E-state index contributed by atoms with van der Waals surface area (Å²) < 4.78 is -0.226. The first-order chi connectivity index (χ1) is 4.72. The van der Waals surface area contributed by atoms with Crippen LogP contribution in [0.5, 0.6) is 0 Å². The second-order valence-electron chi connectivity index (χ2n) is 2.61. The highest BCUT2D eigenvalue weighted by atomic mass is 32.2. The van der Waals surface area contributed by atoms with E-state index in [-0.39, 0.29) is 10.6 Å². The molecule has 0 amide bonds. The maximum atomic E-state index is 9.41. The topological polar surface area (TPSA) is 32.3 Å². The third-order valence-corrected chi connectivity index (χ3v) is 2.43. The summed E-state index contributed by atoms with van der Waals surface area (Å²) in [5.41, 5.74) is 0. The minimum Gasteiger partial charge on any atom is -0.389 e. The molecule has 0 aromatic heterocycles. The van der Waals surface area contributed by atoms with Gasteiger partial charge in [0.05, 0.1) is 10.7 Å². The fraction of sp³-hybridized carbons (Fsp3) is 1.00. The Balaban J connectivity index is 2.32. The Kier molecular flexibility index (Phi) is 3.36. The molecule has 2 nitrogen and oxygen atoms in total. The maximum Gasteiger partial charge on any atom is 0.0897 e. The lowest BCUT2D eigenvalue weighted by atomic mass is 10.1. The molecule has 0 aromatic carbocycles. The molecule has 1 aliphatic rings. The third-order valence-electron chi connectivity index (χ3n) is 1.82. The molecule has 2 atom stereocenters. The Morgan fingerprint density at radius 3 is 2.60 bits per heavy atom. The fourth-order valence-electron chi connectivity index (χ4n) is 1.21. The van der Waals surface area contributed by atoms with Gasteiger partial charge in [0, 0.05) is 6.04 Å². The Bertz CT molecular complexity index is 104. The van der Waals surface area contributed by atoms with Gasteiger partial charge in [0.1, 0.15) is 0 Å². The molecule has 60 valence electrons. The Hall–Kier alpha value is 0.620. The molecule has 4 heteroatoms.